The zero-order chi connectivity index (χ0) is 22.1. The minimum atomic E-state index is -2.88. The number of hydrogen-bond acceptors (Lipinski definition) is 4. The van der Waals surface area contributed by atoms with E-state index in [1.54, 1.807) is 22.6 Å². The molecule has 0 bridgehead atoms. The van der Waals surface area contributed by atoms with Gasteiger partial charge in [0.1, 0.15) is 17.2 Å². The van der Waals surface area contributed by atoms with Crippen LogP contribution >= 0.6 is 11.6 Å². The monoisotopic (exact) mass is 458 g/mol. The number of carbonyl (C=O) groups excluding carboxylic acids is 1. The van der Waals surface area contributed by atoms with Gasteiger partial charge >= 0.3 is 6.55 Å². The summed E-state index contributed by atoms with van der Waals surface area (Å²) >= 11 is 5.79. The summed E-state index contributed by atoms with van der Waals surface area (Å²) in [5.41, 5.74) is 0.0563. The largest absolute Gasteiger partial charge is 0.368 e. The van der Waals surface area contributed by atoms with E-state index < -0.39 is 18.9 Å². The lowest BCUT2D eigenvalue weighted by Gasteiger charge is -2.30. The Labute approximate surface area is 179 Å². The van der Waals surface area contributed by atoms with Crippen molar-refractivity contribution in [1.82, 2.24) is 24.5 Å². The maximum Gasteiger partial charge on any atom is 0.333 e. The Kier molecular flexibility index (Phi) is 6.03. The predicted octanol–water partition coefficient (Wildman–Crippen LogP) is 4.67. The number of fused-ring (bicyclic) bond motifs is 1. The Bertz CT molecular complexity index is 1080. The Hall–Kier alpha value is -2.82. The first kappa shape index (κ1) is 21.4. The molecule has 12 heteroatoms. The third-order valence-corrected chi connectivity index (χ3v) is 5.56. The highest BCUT2D eigenvalue weighted by molar-refractivity contribution is 6.32. The number of hydrogen-bond donors (Lipinski definition) is 2. The third-order valence-electron chi connectivity index (χ3n) is 5.28. The molecule has 0 unspecified atom stereocenters. The van der Waals surface area contributed by atoms with Crippen molar-refractivity contribution < 1.29 is 22.4 Å². The molecule has 4 rings (SSSR count). The van der Waals surface area contributed by atoms with E-state index in [0.717, 1.165) is 19.0 Å². The average Bonchev–Trinajstić information content (AvgIpc) is 3.34. The van der Waals surface area contributed by atoms with Crippen LogP contribution in [0.4, 0.5) is 23.4 Å². The summed E-state index contributed by atoms with van der Waals surface area (Å²) in [6.45, 7) is -2.88. The highest BCUT2D eigenvalue weighted by Gasteiger charge is 2.25. The van der Waals surface area contributed by atoms with E-state index >= 15 is 0 Å². The first-order valence-corrected chi connectivity index (χ1v) is 10.1. The molecule has 3 heterocycles. The van der Waals surface area contributed by atoms with Crippen molar-refractivity contribution >= 4 is 29.0 Å². The van der Waals surface area contributed by atoms with Crippen molar-refractivity contribution in [2.24, 2.45) is 0 Å². The molecule has 1 saturated carbocycles. The number of rotatable bonds is 6. The Morgan fingerprint density at radius 2 is 1.81 bits per heavy atom. The fourth-order valence-electron chi connectivity index (χ4n) is 3.73. The fraction of sp³-hybridized carbons (Fsp3) is 0.421. The number of aromatic nitrogens is 4. The van der Waals surface area contributed by atoms with Gasteiger partial charge in [0, 0.05) is 24.5 Å². The quantitative estimate of drug-likeness (QED) is 0.526. The van der Waals surface area contributed by atoms with Crippen LogP contribution in [0.3, 0.4) is 0 Å². The van der Waals surface area contributed by atoms with Gasteiger partial charge in [-0.1, -0.05) is 17.7 Å². The molecule has 3 aromatic rings. The summed E-state index contributed by atoms with van der Waals surface area (Å²) in [5.74, 6) is 0.117. The second-order valence-electron chi connectivity index (χ2n) is 7.36. The van der Waals surface area contributed by atoms with E-state index in [2.05, 4.69) is 20.7 Å². The first-order chi connectivity index (χ1) is 14.8. The molecule has 1 fully saturated rings. The summed E-state index contributed by atoms with van der Waals surface area (Å²) in [6, 6.07) is 5.15. The maximum absolute atomic E-state index is 12.9. The van der Waals surface area contributed by atoms with Gasteiger partial charge in [-0.05, 0) is 37.8 Å². The van der Waals surface area contributed by atoms with Crippen LogP contribution in [0.15, 0.2) is 30.6 Å². The lowest BCUT2D eigenvalue weighted by Crippen LogP contribution is -2.40. The molecule has 0 saturated heterocycles. The van der Waals surface area contributed by atoms with Gasteiger partial charge in [0.2, 0.25) is 0 Å². The van der Waals surface area contributed by atoms with E-state index in [-0.39, 0.29) is 28.5 Å². The number of amides is 1. The smallest absolute Gasteiger partial charge is 0.333 e. The molecule has 1 aliphatic carbocycles. The zero-order valence-corrected chi connectivity index (χ0v) is 16.9. The SMILES string of the molecule is O=C(NC1CCC(Nc2cccc3nc(C(F)F)cn23)CC1)c1cn(C(F)F)nc1Cl. The van der Waals surface area contributed by atoms with Crippen LogP contribution in [0.5, 0.6) is 0 Å². The maximum atomic E-state index is 12.9. The van der Waals surface area contributed by atoms with Crippen molar-refractivity contribution in [3.8, 4) is 0 Å². The van der Waals surface area contributed by atoms with Gasteiger partial charge in [-0.3, -0.25) is 9.20 Å². The summed E-state index contributed by atoms with van der Waals surface area (Å²) in [5, 5.41) is 9.32. The van der Waals surface area contributed by atoms with Gasteiger partial charge in [0.15, 0.2) is 5.15 Å². The number of carbonyl (C=O) groups is 1. The summed E-state index contributed by atoms with van der Waals surface area (Å²) < 4.78 is 53.2. The van der Waals surface area contributed by atoms with E-state index in [4.69, 9.17) is 11.6 Å². The van der Waals surface area contributed by atoms with Crippen LogP contribution < -0.4 is 10.6 Å². The highest BCUT2D eigenvalue weighted by atomic mass is 35.5. The van der Waals surface area contributed by atoms with Gasteiger partial charge in [0.25, 0.3) is 12.3 Å². The molecule has 1 aliphatic rings. The zero-order valence-electron chi connectivity index (χ0n) is 16.1. The number of alkyl halides is 4. The second-order valence-corrected chi connectivity index (χ2v) is 7.72. The van der Waals surface area contributed by atoms with Crippen LogP contribution in [-0.4, -0.2) is 37.2 Å². The number of halogens is 5. The molecule has 2 N–H and O–H groups in total. The van der Waals surface area contributed by atoms with Crippen molar-refractivity contribution in [2.45, 2.75) is 50.7 Å². The molecule has 0 atom stereocenters. The second kappa shape index (κ2) is 8.74. The Morgan fingerprint density at radius 1 is 1.10 bits per heavy atom. The standard InChI is InChI=1S/C19H19ClF4N6O/c20-16-12(8-30(28-16)19(23)24)18(31)26-11-6-4-10(5-7-11)25-14-2-1-3-15-27-13(17(21)22)9-29(14)15/h1-3,8-11,17,19,25H,4-7H2,(H,26,31). The van der Waals surface area contributed by atoms with E-state index in [1.807, 2.05) is 0 Å². The molecule has 1 amide bonds. The number of anilines is 1. The van der Waals surface area contributed by atoms with E-state index in [1.165, 1.54) is 6.20 Å². The van der Waals surface area contributed by atoms with Crippen LogP contribution in [-0.2, 0) is 0 Å². The number of imidazole rings is 1. The van der Waals surface area contributed by atoms with Crippen molar-refractivity contribution in [3.05, 3.63) is 47.0 Å². The first-order valence-electron chi connectivity index (χ1n) is 9.68. The normalized spacial score (nSPS) is 19.3. The lowest BCUT2D eigenvalue weighted by atomic mass is 9.91. The van der Waals surface area contributed by atoms with Gasteiger partial charge in [-0.15, -0.1) is 0 Å². The average molecular weight is 459 g/mol. The molecule has 166 valence electrons. The lowest BCUT2D eigenvalue weighted by molar-refractivity contribution is 0.0565. The summed E-state index contributed by atoms with van der Waals surface area (Å²) in [7, 11) is 0. The molecule has 31 heavy (non-hydrogen) atoms. The molecule has 7 nitrogen and oxygen atoms in total. The van der Waals surface area contributed by atoms with Gasteiger partial charge in [-0.2, -0.15) is 13.9 Å². The van der Waals surface area contributed by atoms with Gasteiger partial charge in [0.05, 0.1) is 5.56 Å². The fourth-order valence-corrected chi connectivity index (χ4v) is 3.95. The number of nitrogens with zero attached hydrogens (tertiary/aromatic N) is 4. The molecular weight excluding hydrogens is 440 g/mol. The molecule has 0 aromatic carbocycles. The predicted molar refractivity (Wildman–Crippen MR) is 106 cm³/mol. The molecule has 0 aliphatic heterocycles. The van der Waals surface area contributed by atoms with Gasteiger partial charge in [-0.25, -0.2) is 18.4 Å². The molecule has 0 radical (unpaired) electrons. The van der Waals surface area contributed by atoms with Crippen molar-refractivity contribution in [1.29, 1.82) is 0 Å². The van der Waals surface area contributed by atoms with Crippen LogP contribution in [0.1, 0.15) is 54.7 Å². The number of pyridine rings is 1. The van der Waals surface area contributed by atoms with Gasteiger partial charge < -0.3 is 10.6 Å². The van der Waals surface area contributed by atoms with Crippen molar-refractivity contribution in [3.63, 3.8) is 0 Å². The Balaban J connectivity index is 1.35. The highest BCUT2D eigenvalue weighted by Crippen LogP contribution is 2.26. The molecular formula is C19H19ClF4N6O. The van der Waals surface area contributed by atoms with Crippen LogP contribution in [0, 0.1) is 0 Å². The number of nitrogens with one attached hydrogen (secondary N) is 2. The van der Waals surface area contributed by atoms with Crippen LogP contribution in [0.2, 0.25) is 5.15 Å². The summed E-state index contributed by atoms with van der Waals surface area (Å²) in [6.07, 6.45) is 2.36. The van der Waals surface area contributed by atoms with Crippen molar-refractivity contribution in [2.75, 3.05) is 5.32 Å². The van der Waals surface area contributed by atoms with E-state index in [9.17, 15) is 22.4 Å². The molecule has 0 spiro atoms. The molecule has 3 aromatic heterocycles. The minimum absolute atomic E-state index is 0.0846. The third kappa shape index (κ3) is 4.60. The minimum Gasteiger partial charge on any atom is -0.368 e. The van der Waals surface area contributed by atoms with E-state index in [0.29, 0.717) is 29.0 Å². The summed E-state index contributed by atoms with van der Waals surface area (Å²) in [4.78, 5) is 16.3. The van der Waals surface area contributed by atoms with Crippen LogP contribution in [0.25, 0.3) is 5.65 Å². The Morgan fingerprint density at radius 3 is 2.45 bits per heavy atom. The topological polar surface area (TPSA) is 76.2 Å².